The molecule has 0 spiro atoms. The van der Waals surface area contributed by atoms with Crippen molar-refractivity contribution in [3.63, 3.8) is 0 Å². The largest absolute Gasteiger partial charge is 0.391 e. The minimum absolute atomic E-state index is 0.0725. The van der Waals surface area contributed by atoms with Crippen LogP contribution in [0.5, 0.6) is 0 Å². The molecule has 18 heavy (non-hydrogen) atoms. The SMILES string of the molecule is OCc1sc(Sc2nc3ccccc3s2)nc1Cl. The van der Waals surface area contributed by atoms with Gasteiger partial charge in [0.05, 0.1) is 21.7 Å². The lowest BCUT2D eigenvalue weighted by Gasteiger charge is -1.87. The molecule has 0 aliphatic heterocycles. The highest BCUT2D eigenvalue weighted by molar-refractivity contribution is 8.02. The normalized spacial score (nSPS) is 11.2. The highest BCUT2D eigenvalue weighted by Crippen LogP contribution is 2.38. The molecule has 7 heteroatoms. The van der Waals surface area contributed by atoms with Gasteiger partial charge in [-0.05, 0) is 23.9 Å². The van der Waals surface area contributed by atoms with Gasteiger partial charge in [-0.2, -0.15) is 0 Å². The molecule has 2 aromatic heterocycles. The number of aromatic nitrogens is 2. The molecule has 3 rings (SSSR count). The van der Waals surface area contributed by atoms with Crippen LogP contribution in [-0.4, -0.2) is 15.1 Å². The highest BCUT2D eigenvalue weighted by Gasteiger charge is 2.12. The van der Waals surface area contributed by atoms with Crippen molar-refractivity contribution in [3.05, 3.63) is 34.3 Å². The van der Waals surface area contributed by atoms with E-state index in [2.05, 4.69) is 9.97 Å². The smallest absolute Gasteiger partial charge is 0.159 e. The first kappa shape index (κ1) is 12.4. The van der Waals surface area contributed by atoms with Gasteiger partial charge in [-0.1, -0.05) is 23.7 Å². The van der Waals surface area contributed by atoms with Crippen molar-refractivity contribution in [2.24, 2.45) is 0 Å². The zero-order valence-electron chi connectivity index (χ0n) is 8.96. The van der Waals surface area contributed by atoms with Crippen LogP contribution in [-0.2, 0) is 6.61 Å². The van der Waals surface area contributed by atoms with Crippen molar-refractivity contribution < 1.29 is 5.11 Å². The van der Waals surface area contributed by atoms with E-state index in [1.165, 1.54) is 23.1 Å². The molecule has 0 amide bonds. The standard InChI is InChI=1S/C11H7ClN2OS3/c12-9-8(5-15)17-11(14-9)18-10-13-6-3-1-2-4-7(6)16-10/h1-4,15H,5H2. The maximum Gasteiger partial charge on any atom is 0.159 e. The molecule has 0 atom stereocenters. The second kappa shape index (κ2) is 5.14. The number of benzene rings is 1. The summed E-state index contributed by atoms with van der Waals surface area (Å²) >= 11 is 10.4. The van der Waals surface area contributed by atoms with E-state index in [-0.39, 0.29) is 6.61 Å². The molecule has 1 N–H and O–H groups in total. The van der Waals surface area contributed by atoms with Crippen LogP contribution in [0.2, 0.25) is 5.15 Å². The molecule has 0 radical (unpaired) electrons. The van der Waals surface area contributed by atoms with Crippen molar-refractivity contribution in [2.75, 3.05) is 0 Å². The molecule has 0 fully saturated rings. The first-order valence-corrected chi connectivity index (χ1v) is 7.88. The minimum atomic E-state index is -0.0725. The lowest BCUT2D eigenvalue weighted by Crippen LogP contribution is -1.75. The quantitative estimate of drug-likeness (QED) is 0.792. The van der Waals surface area contributed by atoms with E-state index >= 15 is 0 Å². The summed E-state index contributed by atoms with van der Waals surface area (Å²) in [7, 11) is 0. The van der Waals surface area contributed by atoms with Gasteiger partial charge in [0, 0.05) is 0 Å². The van der Waals surface area contributed by atoms with Gasteiger partial charge >= 0.3 is 0 Å². The molecule has 3 aromatic rings. The maximum absolute atomic E-state index is 9.08. The molecule has 2 heterocycles. The Morgan fingerprint density at radius 3 is 2.67 bits per heavy atom. The Kier molecular flexibility index (Phi) is 3.54. The van der Waals surface area contributed by atoms with Crippen molar-refractivity contribution >= 4 is 56.3 Å². The molecule has 0 aliphatic carbocycles. The van der Waals surface area contributed by atoms with Gasteiger partial charge in [0.15, 0.2) is 8.68 Å². The number of nitrogens with zero attached hydrogens (tertiary/aromatic N) is 2. The lowest BCUT2D eigenvalue weighted by atomic mass is 10.3. The molecule has 1 aromatic carbocycles. The Morgan fingerprint density at radius 2 is 1.94 bits per heavy atom. The van der Waals surface area contributed by atoms with Crippen LogP contribution < -0.4 is 0 Å². The van der Waals surface area contributed by atoms with Crippen LogP contribution in [0.1, 0.15) is 4.88 Å². The summed E-state index contributed by atoms with van der Waals surface area (Å²) in [6, 6.07) is 8.01. The first-order chi connectivity index (χ1) is 8.76. The fourth-order valence-corrected chi connectivity index (χ4v) is 4.99. The number of halogens is 1. The first-order valence-electron chi connectivity index (χ1n) is 5.06. The van der Waals surface area contributed by atoms with Gasteiger partial charge in [-0.15, -0.1) is 22.7 Å². The van der Waals surface area contributed by atoms with Crippen molar-refractivity contribution in [1.29, 1.82) is 0 Å². The van der Waals surface area contributed by atoms with Crippen LogP contribution in [0.3, 0.4) is 0 Å². The molecule has 0 bridgehead atoms. The molecule has 3 nitrogen and oxygen atoms in total. The summed E-state index contributed by atoms with van der Waals surface area (Å²) in [5.74, 6) is 0. The molecule has 0 saturated carbocycles. The van der Waals surface area contributed by atoms with Gasteiger partial charge in [0.1, 0.15) is 5.15 Å². The van der Waals surface area contributed by atoms with Crippen LogP contribution in [0.4, 0.5) is 0 Å². The molecule has 0 saturated heterocycles. The number of thiazole rings is 2. The third-order valence-corrected chi connectivity index (χ3v) is 5.84. The number of aliphatic hydroxyl groups excluding tert-OH is 1. The molecular formula is C11H7ClN2OS3. The average Bonchev–Trinajstić information content (AvgIpc) is 2.92. The van der Waals surface area contributed by atoms with Crippen LogP contribution in [0, 0.1) is 0 Å². The van der Waals surface area contributed by atoms with E-state index in [0.717, 1.165) is 18.9 Å². The minimum Gasteiger partial charge on any atom is -0.391 e. The summed E-state index contributed by atoms with van der Waals surface area (Å²) in [6.07, 6.45) is 0. The topological polar surface area (TPSA) is 46.0 Å². The highest BCUT2D eigenvalue weighted by atomic mass is 35.5. The molecule has 0 aliphatic rings. The monoisotopic (exact) mass is 314 g/mol. The predicted molar refractivity (Wildman–Crippen MR) is 76.8 cm³/mol. The fourth-order valence-electron chi connectivity index (χ4n) is 1.42. The average molecular weight is 315 g/mol. The third-order valence-electron chi connectivity index (χ3n) is 2.22. The van der Waals surface area contributed by atoms with E-state index in [9.17, 15) is 0 Å². The van der Waals surface area contributed by atoms with Crippen molar-refractivity contribution in [2.45, 2.75) is 15.3 Å². The number of fused-ring (bicyclic) bond motifs is 1. The van der Waals surface area contributed by atoms with Gasteiger partial charge in [-0.3, -0.25) is 0 Å². The van der Waals surface area contributed by atoms with E-state index in [1.807, 2.05) is 24.3 Å². The zero-order valence-corrected chi connectivity index (χ0v) is 12.2. The van der Waals surface area contributed by atoms with Gasteiger partial charge in [0.25, 0.3) is 0 Å². The van der Waals surface area contributed by atoms with Gasteiger partial charge in [0.2, 0.25) is 0 Å². The van der Waals surface area contributed by atoms with Gasteiger partial charge in [-0.25, -0.2) is 9.97 Å². The van der Waals surface area contributed by atoms with Gasteiger partial charge < -0.3 is 5.11 Å². The maximum atomic E-state index is 9.08. The van der Waals surface area contributed by atoms with Crippen LogP contribution in [0.15, 0.2) is 32.9 Å². The summed E-state index contributed by atoms with van der Waals surface area (Å²) in [4.78, 5) is 9.41. The second-order valence-corrected chi connectivity index (χ2v) is 7.37. The number of aliphatic hydroxyl groups is 1. The van der Waals surface area contributed by atoms with E-state index in [4.69, 9.17) is 16.7 Å². The molecule has 92 valence electrons. The van der Waals surface area contributed by atoms with E-state index in [0.29, 0.717) is 10.0 Å². The predicted octanol–water partition coefficient (Wildman–Crippen LogP) is 4.05. The summed E-state index contributed by atoms with van der Waals surface area (Å²) in [5.41, 5.74) is 0.995. The number of rotatable bonds is 3. The fraction of sp³-hybridized carbons (Fsp3) is 0.0909. The summed E-state index contributed by atoms with van der Waals surface area (Å²) < 4.78 is 2.90. The lowest BCUT2D eigenvalue weighted by molar-refractivity contribution is 0.285. The summed E-state index contributed by atoms with van der Waals surface area (Å²) in [6.45, 7) is -0.0725. The van der Waals surface area contributed by atoms with Crippen molar-refractivity contribution in [1.82, 2.24) is 9.97 Å². The Bertz CT molecular complexity index is 661. The second-order valence-electron chi connectivity index (χ2n) is 3.40. The number of para-hydroxylation sites is 1. The Hall–Kier alpha value is -0.660. The molecular weight excluding hydrogens is 308 g/mol. The Morgan fingerprint density at radius 1 is 1.17 bits per heavy atom. The van der Waals surface area contributed by atoms with Crippen molar-refractivity contribution in [3.8, 4) is 0 Å². The zero-order chi connectivity index (χ0) is 12.5. The Balaban J connectivity index is 1.91. The number of hydrogen-bond acceptors (Lipinski definition) is 6. The molecule has 0 unspecified atom stereocenters. The Labute approximate surface area is 120 Å². The van der Waals surface area contributed by atoms with E-state index < -0.39 is 0 Å². The van der Waals surface area contributed by atoms with Crippen LogP contribution in [0.25, 0.3) is 10.2 Å². The third kappa shape index (κ3) is 2.39. The summed E-state index contributed by atoms with van der Waals surface area (Å²) in [5, 5.41) is 9.46. The number of hydrogen-bond donors (Lipinski definition) is 1. The van der Waals surface area contributed by atoms with E-state index in [1.54, 1.807) is 11.3 Å². The van der Waals surface area contributed by atoms with Crippen LogP contribution >= 0.6 is 46.0 Å².